The fraction of sp³-hybridized carbons (Fsp3) is 0.235. The normalized spacial score (nSPS) is 16.5. The average molecular weight is 359 g/mol. The molecule has 3 rings (SSSR count). The number of likely N-dealkylation sites (tertiary alicyclic amines) is 1. The van der Waals surface area contributed by atoms with E-state index in [4.69, 9.17) is 0 Å². The number of nitro groups is 2. The molecule has 134 valence electrons. The predicted molar refractivity (Wildman–Crippen MR) is 89.2 cm³/mol. The van der Waals surface area contributed by atoms with Crippen LogP contribution in [0, 0.1) is 26.0 Å². The van der Waals surface area contributed by atoms with Crippen LogP contribution in [0.3, 0.4) is 0 Å². The monoisotopic (exact) mass is 359 g/mol. The summed E-state index contributed by atoms with van der Waals surface area (Å²) in [6, 6.07) is 8.36. The summed E-state index contributed by atoms with van der Waals surface area (Å²) in [6.45, 7) is 0.414. The number of non-ortho nitro benzene ring substituents is 2. The first-order chi connectivity index (χ1) is 12.4. The molecule has 1 atom stereocenters. The second-order valence-corrected chi connectivity index (χ2v) is 5.96. The third kappa shape index (κ3) is 3.37. The van der Waals surface area contributed by atoms with E-state index in [2.05, 4.69) is 0 Å². The molecule has 2 aromatic carbocycles. The van der Waals surface area contributed by atoms with Gasteiger partial charge < -0.3 is 4.90 Å². The molecule has 0 bridgehead atoms. The third-order valence-corrected chi connectivity index (χ3v) is 4.34. The van der Waals surface area contributed by atoms with Gasteiger partial charge in [0.1, 0.15) is 5.82 Å². The van der Waals surface area contributed by atoms with Crippen molar-refractivity contribution in [3.8, 4) is 0 Å². The summed E-state index contributed by atoms with van der Waals surface area (Å²) in [5, 5.41) is 22.0. The minimum atomic E-state index is -0.773. The summed E-state index contributed by atoms with van der Waals surface area (Å²) in [5.41, 5.74) is -0.391. The Morgan fingerprint density at radius 3 is 2.15 bits per heavy atom. The number of carbonyl (C=O) groups is 1. The third-order valence-electron chi connectivity index (χ3n) is 4.34. The first-order valence-corrected chi connectivity index (χ1v) is 7.87. The van der Waals surface area contributed by atoms with Gasteiger partial charge in [-0.1, -0.05) is 12.1 Å². The lowest BCUT2D eigenvalue weighted by Gasteiger charge is -2.25. The molecule has 8 nitrogen and oxygen atoms in total. The highest BCUT2D eigenvalue weighted by Crippen LogP contribution is 2.34. The van der Waals surface area contributed by atoms with E-state index in [9.17, 15) is 29.4 Å². The summed E-state index contributed by atoms with van der Waals surface area (Å²) in [6.07, 6.45) is 1.37. The summed E-state index contributed by atoms with van der Waals surface area (Å²) >= 11 is 0. The molecule has 9 heteroatoms. The second kappa shape index (κ2) is 6.87. The molecule has 1 heterocycles. The number of hydrogen-bond acceptors (Lipinski definition) is 5. The lowest BCUT2D eigenvalue weighted by molar-refractivity contribution is -0.394. The van der Waals surface area contributed by atoms with Gasteiger partial charge in [0.15, 0.2) is 0 Å². The van der Waals surface area contributed by atoms with Crippen molar-refractivity contribution < 1.29 is 19.0 Å². The van der Waals surface area contributed by atoms with E-state index in [1.54, 1.807) is 12.1 Å². The molecule has 0 N–H and O–H groups in total. The van der Waals surface area contributed by atoms with Gasteiger partial charge in [-0.05, 0) is 30.5 Å². The van der Waals surface area contributed by atoms with Gasteiger partial charge in [-0.15, -0.1) is 0 Å². The van der Waals surface area contributed by atoms with Crippen LogP contribution in [0.5, 0.6) is 0 Å². The largest absolute Gasteiger partial charge is 0.332 e. The molecule has 1 aliphatic heterocycles. The minimum Gasteiger partial charge on any atom is -0.332 e. The van der Waals surface area contributed by atoms with Crippen molar-refractivity contribution in [2.45, 2.75) is 18.9 Å². The topological polar surface area (TPSA) is 107 Å². The van der Waals surface area contributed by atoms with E-state index in [1.807, 2.05) is 0 Å². The van der Waals surface area contributed by atoms with Gasteiger partial charge in [-0.2, -0.15) is 0 Å². The zero-order valence-corrected chi connectivity index (χ0v) is 13.5. The minimum absolute atomic E-state index is 0.111. The van der Waals surface area contributed by atoms with Crippen molar-refractivity contribution in [3.05, 3.63) is 79.6 Å². The van der Waals surface area contributed by atoms with Crippen molar-refractivity contribution in [1.82, 2.24) is 4.90 Å². The Bertz CT molecular complexity index is 852. The van der Waals surface area contributed by atoms with Crippen molar-refractivity contribution in [2.24, 2.45) is 0 Å². The number of carbonyl (C=O) groups excluding carboxylic acids is 1. The highest BCUT2D eigenvalue weighted by molar-refractivity contribution is 5.96. The molecule has 1 saturated heterocycles. The van der Waals surface area contributed by atoms with Gasteiger partial charge in [0.05, 0.1) is 27.5 Å². The van der Waals surface area contributed by atoms with Crippen LogP contribution in [-0.2, 0) is 0 Å². The van der Waals surface area contributed by atoms with Gasteiger partial charge in [-0.25, -0.2) is 4.39 Å². The standard InChI is InChI=1S/C17H14FN3O5/c18-13-5-3-11(4-6-13)16-2-1-7-19(16)17(22)12-8-14(20(23)24)10-15(9-12)21(25)26/h3-6,8-10,16H,1-2,7H2. The number of benzene rings is 2. The van der Waals surface area contributed by atoms with Crippen LogP contribution in [-0.4, -0.2) is 27.2 Å². The molecule has 1 aliphatic rings. The van der Waals surface area contributed by atoms with Gasteiger partial charge in [0.2, 0.25) is 0 Å². The second-order valence-electron chi connectivity index (χ2n) is 5.96. The Labute approximate surface area is 147 Å². The first-order valence-electron chi connectivity index (χ1n) is 7.87. The zero-order valence-electron chi connectivity index (χ0n) is 13.5. The number of nitro benzene ring substituents is 2. The average Bonchev–Trinajstić information content (AvgIpc) is 3.10. The molecule has 0 spiro atoms. The number of rotatable bonds is 4. The maximum atomic E-state index is 13.1. The van der Waals surface area contributed by atoms with Crippen LogP contribution in [0.15, 0.2) is 42.5 Å². The summed E-state index contributed by atoms with van der Waals surface area (Å²) in [7, 11) is 0. The number of nitrogens with zero attached hydrogens (tertiary/aromatic N) is 3. The smallest absolute Gasteiger partial charge is 0.277 e. The summed E-state index contributed by atoms with van der Waals surface area (Å²) < 4.78 is 13.1. The Balaban J connectivity index is 1.96. The maximum absolute atomic E-state index is 13.1. The van der Waals surface area contributed by atoms with Crippen LogP contribution < -0.4 is 0 Å². The highest BCUT2D eigenvalue weighted by Gasteiger charge is 2.32. The number of hydrogen-bond donors (Lipinski definition) is 0. The Morgan fingerprint density at radius 1 is 1.04 bits per heavy atom. The van der Waals surface area contributed by atoms with Gasteiger partial charge in [-0.3, -0.25) is 25.0 Å². The highest BCUT2D eigenvalue weighted by atomic mass is 19.1. The van der Waals surface area contributed by atoms with Crippen LogP contribution in [0.4, 0.5) is 15.8 Å². The predicted octanol–water partition coefficient (Wildman–Crippen LogP) is 3.62. The van der Waals surface area contributed by atoms with E-state index < -0.39 is 27.1 Å². The molecule has 1 unspecified atom stereocenters. The lowest BCUT2D eigenvalue weighted by Crippen LogP contribution is -2.30. The summed E-state index contributed by atoms with van der Waals surface area (Å²) in [5.74, 6) is -0.914. The molecule has 0 saturated carbocycles. The molecule has 1 amide bonds. The van der Waals surface area contributed by atoms with Crippen molar-refractivity contribution in [3.63, 3.8) is 0 Å². The van der Waals surface area contributed by atoms with E-state index in [0.29, 0.717) is 19.4 Å². The van der Waals surface area contributed by atoms with E-state index in [-0.39, 0.29) is 17.4 Å². The van der Waals surface area contributed by atoms with Gasteiger partial charge in [0, 0.05) is 18.7 Å². The van der Waals surface area contributed by atoms with Gasteiger partial charge >= 0.3 is 0 Å². The fourth-order valence-corrected chi connectivity index (χ4v) is 3.14. The van der Waals surface area contributed by atoms with E-state index in [1.165, 1.54) is 17.0 Å². The van der Waals surface area contributed by atoms with Crippen LogP contribution in [0.2, 0.25) is 0 Å². The quantitative estimate of drug-likeness (QED) is 0.612. The fourth-order valence-electron chi connectivity index (χ4n) is 3.14. The molecule has 26 heavy (non-hydrogen) atoms. The molecule has 0 aromatic heterocycles. The van der Waals surface area contributed by atoms with Crippen LogP contribution in [0.25, 0.3) is 0 Å². The Kier molecular flexibility index (Phi) is 4.61. The SMILES string of the molecule is O=C(c1cc([N+](=O)[O-])cc([N+](=O)[O-])c1)N1CCCC1c1ccc(F)cc1. The maximum Gasteiger partial charge on any atom is 0.277 e. The molecule has 0 aliphatic carbocycles. The first kappa shape index (κ1) is 17.5. The van der Waals surface area contributed by atoms with E-state index in [0.717, 1.165) is 23.8 Å². The Hall–Kier alpha value is -3.36. The zero-order chi connectivity index (χ0) is 18.8. The number of amides is 1. The van der Waals surface area contributed by atoms with Gasteiger partial charge in [0.25, 0.3) is 17.3 Å². The van der Waals surface area contributed by atoms with E-state index >= 15 is 0 Å². The summed E-state index contributed by atoms with van der Waals surface area (Å²) in [4.78, 5) is 34.8. The van der Waals surface area contributed by atoms with Crippen molar-refractivity contribution in [1.29, 1.82) is 0 Å². The molecular weight excluding hydrogens is 345 g/mol. The Morgan fingerprint density at radius 2 is 1.62 bits per heavy atom. The number of halogens is 1. The van der Waals surface area contributed by atoms with Crippen LogP contribution >= 0.6 is 0 Å². The van der Waals surface area contributed by atoms with Crippen molar-refractivity contribution >= 4 is 17.3 Å². The molecule has 0 radical (unpaired) electrons. The molecule has 1 fully saturated rings. The molecular formula is C17H14FN3O5. The molecule has 2 aromatic rings. The van der Waals surface area contributed by atoms with Crippen LogP contribution in [0.1, 0.15) is 34.8 Å². The lowest BCUT2D eigenvalue weighted by atomic mass is 10.0. The van der Waals surface area contributed by atoms with Crippen molar-refractivity contribution in [2.75, 3.05) is 6.54 Å².